The number of nitrogens with zero attached hydrogens (tertiary/aromatic N) is 2. The van der Waals surface area contributed by atoms with Crippen molar-refractivity contribution >= 4 is 10.9 Å². The SMILES string of the molecule is Cc1[nH]c2ccccc2c1CCNCc1ccc(-n2ccnc2)c(F)c1. The van der Waals surface area contributed by atoms with Gasteiger partial charge in [0, 0.05) is 35.5 Å². The highest BCUT2D eigenvalue weighted by molar-refractivity contribution is 5.84. The van der Waals surface area contributed by atoms with Crippen molar-refractivity contribution in [3.8, 4) is 5.69 Å². The van der Waals surface area contributed by atoms with Crippen LogP contribution in [0.25, 0.3) is 16.6 Å². The Bertz CT molecular complexity index is 1020. The van der Waals surface area contributed by atoms with Crippen LogP contribution in [-0.2, 0) is 13.0 Å². The van der Waals surface area contributed by atoms with Gasteiger partial charge in [-0.05, 0) is 49.2 Å². The molecule has 0 aliphatic carbocycles. The normalized spacial score (nSPS) is 11.3. The Balaban J connectivity index is 1.37. The minimum atomic E-state index is -0.241. The van der Waals surface area contributed by atoms with Crippen molar-refractivity contribution in [2.75, 3.05) is 6.54 Å². The number of H-pyrrole nitrogens is 1. The number of imidazole rings is 1. The van der Waals surface area contributed by atoms with Gasteiger partial charge in [-0.25, -0.2) is 9.37 Å². The molecule has 0 bridgehead atoms. The Kier molecular flexibility index (Phi) is 4.54. The third-order valence-corrected chi connectivity index (χ3v) is 4.70. The minimum absolute atomic E-state index is 0.241. The number of hydrogen-bond acceptors (Lipinski definition) is 2. The fraction of sp³-hybridized carbons (Fsp3) is 0.190. The van der Waals surface area contributed by atoms with E-state index in [-0.39, 0.29) is 5.82 Å². The Morgan fingerprint density at radius 2 is 2.08 bits per heavy atom. The summed E-state index contributed by atoms with van der Waals surface area (Å²) in [6.45, 7) is 3.59. The lowest BCUT2D eigenvalue weighted by molar-refractivity contribution is 0.611. The molecule has 4 rings (SSSR count). The Morgan fingerprint density at radius 1 is 1.19 bits per heavy atom. The van der Waals surface area contributed by atoms with Gasteiger partial charge in [-0.3, -0.25) is 0 Å². The summed E-state index contributed by atoms with van der Waals surface area (Å²) in [5, 5.41) is 4.69. The van der Waals surface area contributed by atoms with E-state index in [4.69, 9.17) is 0 Å². The summed E-state index contributed by atoms with van der Waals surface area (Å²) in [6, 6.07) is 13.7. The van der Waals surface area contributed by atoms with Crippen LogP contribution in [0.15, 0.2) is 61.2 Å². The van der Waals surface area contributed by atoms with Crippen LogP contribution in [0.1, 0.15) is 16.8 Å². The predicted octanol–water partition coefficient (Wildman–Crippen LogP) is 4.13. The number of aromatic amines is 1. The number of rotatable bonds is 6. The largest absolute Gasteiger partial charge is 0.358 e. The van der Waals surface area contributed by atoms with Crippen LogP contribution >= 0.6 is 0 Å². The van der Waals surface area contributed by atoms with Gasteiger partial charge in [-0.2, -0.15) is 0 Å². The molecule has 4 aromatic rings. The fourth-order valence-electron chi connectivity index (χ4n) is 3.37. The first kappa shape index (κ1) is 16.5. The smallest absolute Gasteiger partial charge is 0.147 e. The summed E-state index contributed by atoms with van der Waals surface area (Å²) in [5.74, 6) is -0.241. The second-order valence-corrected chi connectivity index (χ2v) is 6.46. The molecule has 2 heterocycles. The summed E-state index contributed by atoms with van der Waals surface area (Å²) in [4.78, 5) is 7.39. The third-order valence-electron chi connectivity index (χ3n) is 4.70. The Morgan fingerprint density at radius 3 is 2.88 bits per heavy atom. The van der Waals surface area contributed by atoms with Crippen molar-refractivity contribution in [1.29, 1.82) is 0 Å². The van der Waals surface area contributed by atoms with E-state index in [1.54, 1.807) is 35.4 Å². The van der Waals surface area contributed by atoms with Gasteiger partial charge in [-0.1, -0.05) is 24.3 Å². The second kappa shape index (κ2) is 7.14. The molecule has 132 valence electrons. The molecular weight excluding hydrogens is 327 g/mol. The lowest BCUT2D eigenvalue weighted by Gasteiger charge is -2.08. The number of aryl methyl sites for hydroxylation is 1. The van der Waals surface area contributed by atoms with Crippen LogP contribution in [0.3, 0.4) is 0 Å². The molecule has 0 amide bonds. The van der Waals surface area contributed by atoms with Crippen LogP contribution in [0.4, 0.5) is 4.39 Å². The van der Waals surface area contributed by atoms with E-state index in [1.165, 1.54) is 22.2 Å². The van der Waals surface area contributed by atoms with Crippen molar-refractivity contribution in [2.45, 2.75) is 19.9 Å². The first-order chi connectivity index (χ1) is 12.7. The van der Waals surface area contributed by atoms with Crippen molar-refractivity contribution in [2.24, 2.45) is 0 Å². The maximum Gasteiger partial charge on any atom is 0.147 e. The molecule has 26 heavy (non-hydrogen) atoms. The average Bonchev–Trinajstić information content (AvgIpc) is 3.27. The summed E-state index contributed by atoms with van der Waals surface area (Å²) in [7, 11) is 0. The first-order valence-corrected chi connectivity index (χ1v) is 8.76. The third kappa shape index (κ3) is 3.26. The molecule has 0 radical (unpaired) electrons. The quantitative estimate of drug-likeness (QED) is 0.515. The predicted molar refractivity (Wildman–Crippen MR) is 102 cm³/mol. The van der Waals surface area contributed by atoms with E-state index in [0.717, 1.165) is 18.5 Å². The zero-order chi connectivity index (χ0) is 17.9. The molecule has 5 heteroatoms. The van der Waals surface area contributed by atoms with Crippen LogP contribution in [0, 0.1) is 12.7 Å². The van der Waals surface area contributed by atoms with Crippen molar-refractivity contribution < 1.29 is 4.39 Å². The lowest BCUT2D eigenvalue weighted by atomic mass is 10.1. The number of fused-ring (bicyclic) bond motifs is 1. The zero-order valence-electron chi connectivity index (χ0n) is 14.7. The van der Waals surface area contributed by atoms with E-state index in [0.29, 0.717) is 12.2 Å². The van der Waals surface area contributed by atoms with E-state index >= 15 is 0 Å². The van der Waals surface area contributed by atoms with E-state index in [2.05, 4.69) is 40.4 Å². The molecule has 0 aliphatic heterocycles. The van der Waals surface area contributed by atoms with Crippen LogP contribution in [0.5, 0.6) is 0 Å². The van der Waals surface area contributed by atoms with Gasteiger partial charge < -0.3 is 14.9 Å². The van der Waals surface area contributed by atoms with Gasteiger partial charge in [0.2, 0.25) is 0 Å². The van der Waals surface area contributed by atoms with Gasteiger partial charge in [0.15, 0.2) is 0 Å². The Labute approximate surface area is 151 Å². The molecule has 0 unspecified atom stereocenters. The molecule has 2 aromatic carbocycles. The zero-order valence-corrected chi connectivity index (χ0v) is 14.7. The number of aromatic nitrogens is 3. The highest BCUT2D eigenvalue weighted by Crippen LogP contribution is 2.22. The molecule has 0 spiro atoms. The van der Waals surface area contributed by atoms with Gasteiger partial charge in [0.1, 0.15) is 5.82 Å². The van der Waals surface area contributed by atoms with Crippen LogP contribution in [-0.4, -0.2) is 21.1 Å². The highest BCUT2D eigenvalue weighted by Gasteiger charge is 2.08. The minimum Gasteiger partial charge on any atom is -0.358 e. The molecule has 0 atom stereocenters. The van der Waals surface area contributed by atoms with Crippen LogP contribution < -0.4 is 5.32 Å². The second-order valence-electron chi connectivity index (χ2n) is 6.46. The lowest BCUT2D eigenvalue weighted by Crippen LogP contribution is -2.17. The number of halogens is 1. The van der Waals surface area contributed by atoms with Crippen molar-refractivity contribution in [3.05, 3.63) is 83.8 Å². The fourth-order valence-corrected chi connectivity index (χ4v) is 3.37. The summed E-state index contributed by atoms with van der Waals surface area (Å²) in [6.07, 6.45) is 5.91. The maximum absolute atomic E-state index is 14.3. The molecule has 2 N–H and O–H groups in total. The standard InChI is InChI=1S/C21H21FN4/c1-15-17(18-4-2-3-5-20(18)25-15)8-9-23-13-16-6-7-21(19(22)12-16)26-11-10-24-14-26/h2-7,10-12,14,23,25H,8-9,13H2,1H3. The van der Waals surface area contributed by atoms with Crippen LogP contribution in [0.2, 0.25) is 0 Å². The van der Waals surface area contributed by atoms with Gasteiger partial charge in [0.05, 0.1) is 12.0 Å². The maximum atomic E-state index is 14.3. The van der Waals surface area contributed by atoms with Gasteiger partial charge in [-0.15, -0.1) is 0 Å². The molecule has 0 aliphatic rings. The Hall–Kier alpha value is -2.92. The molecular formula is C21H21FN4. The average molecular weight is 348 g/mol. The molecule has 4 nitrogen and oxygen atoms in total. The van der Waals surface area contributed by atoms with Crippen molar-refractivity contribution in [3.63, 3.8) is 0 Å². The number of nitrogens with one attached hydrogen (secondary N) is 2. The van der Waals surface area contributed by atoms with Crippen molar-refractivity contribution in [1.82, 2.24) is 19.9 Å². The number of para-hydroxylation sites is 1. The molecule has 0 saturated heterocycles. The highest BCUT2D eigenvalue weighted by atomic mass is 19.1. The molecule has 0 fully saturated rings. The molecule has 0 saturated carbocycles. The van der Waals surface area contributed by atoms with E-state index in [1.807, 2.05) is 12.1 Å². The van der Waals surface area contributed by atoms with Gasteiger partial charge in [0.25, 0.3) is 0 Å². The number of hydrogen-bond donors (Lipinski definition) is 2. The molecule has 2 aromatic heterocycles. The van der Waals surface area contributed by atoms with E-state index < -0.39 is 0 Å². The van der Waals surface area contributed by atoms with Gasteiger partial charge >= 0.3 is 0 Å². The summed E-state index contributed by atoms with van der Waals surface area (Å²) >= 11 is 0. The topological polar surface area (TPSA) is 45.6 Å². The summed E-state index contributed by atoms with van der Waals surface area (Å²) < 4.78 is 16.0. The first-order valence-electron chi connectivity index (χ1n) is 8.76. The summed E-state index contributed by atoms with van der Waals surface area (Å²) in [5.41, 5.74) is 5.18. The number of benzene rings is 2. The monoisotopic (exact) mass is 348 g/mol. The van der Waals surface area contributed by atoms with E-state index in [9.17, 15) is 4.39 Å².